The molecule has 0 radical (unpaired) electrons. The molecule has 0 aliphatic heterocycles. The highest BCUT2D eigenvalue weighted by atomic mass is 16.5. The molecule has 4 rings (SSSR count). The predicted octanol–water partition coefficient (Wildman–Crippen LogP) is 1.77. The molecule has 202 valence electrons. The molecular weight excluding hydrogens is 498 g/mol. The fourth-order valence-corrected chi connectivity index (χ4v) is 5.54. The first-order valence-electron chi connectivity index (χ1n) is 11.9. The lowest BCUT2D eigenvalue weighted by Gasteiger charge is -2.45. The molecule has 3 atom stereocenters. The maximum atomic E-state index is 13.8. The smallest absolute Gasteiger partial charge is 0.411 e. The second-order valence-electron chi connectivity index (χ2n) is 9.79. The van der Waals surface area contributed by atoms with Gasteiger partial charge in [0.05, 0.1) is 17.9 Å². The minimum absolute atomic E-state index is 0.0200. The van der Waals surface area contributed by atoms with Crippen molar-refractivity contribution in [3.05, 3.63) is 52.5 Å². The van der Waals surface area contributed by atoms with Gasteiger partial charge in [-0.25, -0.2) is 4.79 Å². The molecule has 0 spiro atoms. The highest BCUT2D eigenvalue weighted by molar-refractivity contribution is 6.24. The number of anilines is 2. The molecule has 0 bridgehead atoms. The van der Waals surface area contributed by atoms with Crippen LogP contribution in [0.1, 0.15) is 35.2 Å². The molecule has 0 heterocycles. The number of aliphatic hydroxyl groups excluding tert-OH is 2. The first-order chi connectivity index (χ1) is 17.8. The number of phenolic OH excluding ortho intramolecular Hbond substituents is 1. The summed E-state index contributed by atoms with van der Waals surface area (Å²) in [5.41, 5.74) is 2.05. The van der Waals surface area contributed by atoms with Gasteiger partial charge in [-0.3, -0.25) is 19.7 Å². The van der Waals surface area contributed by atoms with Crippen LogP contribution in [0.2, 0.25) is 0 Å². The van der Waals surface area contributed by atoms with Crippen molar-refractivity contribution in [3.8, 4) is 5.75 Å². The number of nitrogens with zero attached hydrogens (tertiary/aromatic N) is 1. The summed E-state index contributed by atoms with van der Waals surface area (Å²) in [6.45, 7) is 3.59. The highest BCUT2D eigenvalue weighted by Gasteiger charge is 2.59. The summed E-state index contributed by atoms with van der Waals surface area (Å²) in [4.78, 5) is 52.6. The number of aliphatic hydroxyl groups is 3. The normalized spacial score (nSPS) is 24.3. The molecule has 12 heteroatoms. The number of benzene rings is 1. The fraction of sp³-hybridized carbons (Fsp3) is 0.385. The third-order valence-corrected chi connectivity index (χ3v) is 7.31. The van der Waals surface area contributed by atoms with Crippen LogP contribution >= 0.6 is 0 Å². The van der Waals surface area contributed by atoms with E-state index in [1.807, 2.05) is 0 Å². The van der Waals surface area contributed by atoms with Gasteiger partial charge in [-0.05, 0) is 36.8 Å². The molecule has 0 unspecified atom stereocenters. The molecule has 1 aromatic carbocycles. The second-order valence-corrected chi connectivity index (χ2v) is 9.79. The van der Waals surface area contributed by atoms with Crippen molar-refractivity contribution >= 4 is 34.9 Å². The Morgan fingerprint density at radius 1 is 1.26 bits per heavy atom. The number of carbonyl (C=O) groups excluding carboxylic acids is 4. The molecule has 3 aliphatic rings. The molecule has 0 saturated carbocycles. The van der Waals surface area contributed by atoms with Crippen LogP contribution in [-0.2, 0) is 20.7 Å². The summed E-state index contributed by atoms with van der Waals surface area (Å²) >= 11 is 0. The summed E-state index contributed by atoms with van der Waals surface area (Å²) in [6, 6.07) is 1.49. The Morgan fingerprint density at radius 3 is 2.55 bits per heavy atom. The van der Waals surface area contributed by atoms with Gasteiger partial charge < -0.3 is 35.8 Å². The van der Waals surface area contributed by atoms with E-state index in [2.05, 4.69) is 11.9 Å². The molecule has 3 aliphatic carbocycles. The Hall–Kier alpha value is -4.32. The number of Topliss-reactive ketones (excluding diaryl/α,β-unsaturated/α-hetero) is 2. The Labute approximate surface area is 217 Å². The van der Waals surface area contributed by atoms with Crippen LogP contribution in [0, 0.1) is 11.8 Å². The molecule has 2 amide bonds. The van der Waals surface area contributed by atoms with E-state index < -0.39 is 63.8 Å². The van der Waals surface area contributed by atoms with Gasteiger partial charge in [-0.2, -0.15) is 0 Å². The van der Waals surface area contributed by atoms with Crippen LogP contribution in [-0.4, -0.2) is 70.3 Å². The highest BCUT2D eigenvalue weighted by Crippen LogP contribution is 2.53. The maximum Gasteiger partial charge on any atom is 0.411 e. The average Bonchev–Trinajstić information content (AvgIpc) is 2.82. The number of ketones is 2. The van der Waals surface area contributed by atoms with Crippen LogP contribution in [0.5, 0.6) is 5.75 Å². The van der Waals surface area contributed by atoms with E-state index in [1.165, 1.54) is 6.07 Å². The number of primary amides is 1. The number of carbonyl (C=O) groups is 4. The van der Waals surface area contributed by atoms with Gasteiger partial charge in [0.15, 0.2) is 17.1 Å². The number of allylic oxidation sites excluding steroid dienone is 2. The number of aromatic hydroxyl groups is 1. The van der Waals surface area contributed by atoms with E-state index in [0.29, 0.717) is 17.7 Å². The van der Waals surface area contributed by atoms with Crippen LogP contribution < -0.4 is 16.0 Å². The zero-order valence-electron chi connectivity index (χ0n) is 20.9. The Kier molecular flexibility index (Phi) is 6.70. The summed E-state index contributed by atoms with van der Waals surface area (Å²) in [7, 11) is 3.42. The summed E-state index contributed by atoms with van der Waals surface area (Å²) in [6.07, 6.45) is 0.950. The largest absolute Gasteiger partial charge is 0.511 e. The molecule has 38 heavy (non-hydrogen) atoms. The van der Waals surface area contributed by atoms with E-state index in [0.717, 1.165) is 0 Å². The van der Waals surface area contributed by atoms with Crippen LogP contribution in [0.4, 0.5) is 16.2 Å². The van der Waals surface area contributed by atoms with E-state index >= 15 is 0 Å². The van der Waals surface area contributed by atoms with Crippen molar-refractivity contribution in [1.29, 1.82) is 0 Å². The number of hydrogen-bond donors (Lipinski definition) is 6. The molecule has 12 nitrogen and oxygen atoms in total. The van der Waals surface area contributed by atoms with Crippen LogP contribution in [0.15, 0.2) is 41.4 Å². The van der Waals surface area contributed by atoms with E-state index in [-0.39, 0.29) is 42.7 Å². The van der Waals surface area contributed by atoms with Gasteiger partial charge in [-0.15, -0.1) is 6.58 Å². The SMILES string of the molecule is C=CCCOC(=O)Nc1cc(N(C)C)c2c(c1O)C(=O)C1=C(O)[C@@]3(O)C(=O)C(C(N)=O)=C(O)C[C@H]3C[C@H]1C2. The number of nitrogens with one attached hydrogen (secondary N) is 1. The minimum atomic E-state index is -2.65. The Morgan fingerprint density at radius 2 is 1.95 bits per heavy atom. The van der Waals surface area contributed by atoms with Crippen molar-refractivity contribution in [2.75, 3.05) is 30.9 Å². The standard InChI is InChI=1S/C26H29N3O9/c1-4-5-6-38-25(36)28-14-10-15(29(2)3)13-8-11-7-12-9-16(30)19(24(27)35)23(34)26(12,37)22(33)17(11)21(32)18(13)20(14)31/h4,10-12,30-31,33,37H,1,5-9H2,2-3H3,(H2,27,35)(H,28,36)/t11-,12+,26+/m0/s1. The molecule has 0 aromatic heterocycles. The summed E-state index contributed by atoms with van der Waals surface area (Å²) in [5.74, 6) is -7.22. The van der Waals surface area contributed by atoms with Gasteiger partial charge in [0.1, 0.15) is 17.1 Å². The van der Waals surface area contributed by atoms with Crippen molar-refractivity contribution < 1.29 is 44.3 Å². The quantitative estimate of drug-likeness (QED) is 0.137. The number of hydrogen-bond acceptors (Lipinski definition) is 10. The number of fused-ring (bicyclic) bond motifs is 3. The zero-order valence-corrected chi connectivity index (χ0v) is 20.9. The summed E-state index contributed by atoms with van der Waals surface area (Å²) < 4.78 is 5.02. The topological polar surface area (TPSA) is 200 Å². The van der Waals surface area contributed by atoms with Crippen LogP contribution in [0.3, 0.4) is 0 Å². The molecule has 1 aromatic rings. The first kappa shape index (κ1) is 26.7. The fourth-order valence-electron chi connectivity index (χ4n) is 5.54. The molecule has 0 fully saturated rings. The van der Waals surface area contributed by atoms with E-state index in [4.69, 9.17) is 10.5 Å². The zero-order chi connectivity index (χ0) is 28.1. The van der Waals surface area contributed by atoms with Crippen molar-refractivity contribution in [2.24, 2.45) is 17.6 Å². The number of amides is 2. The number of phenols is 1. The molecule has 0 saturated heterocycles. The number of ether oxygens (including phenoxy) is 1. The number of nitrogens with two attached hydrogens (primary N) is 1. The lowest BCUT2D eigenvalue weighted by molar-refractivity contribution is -0.144. The average molecular weight is 528 g/mol. The van der Waals surface area contributed by atoms with Crippen molar-refractivity contribution in [1.82, 2.24) is 0 Å². The predicted molar refractivity (Wildman–Crippen MR) is 135 cm³/mol. The molecule has 7 N–H and O–H groups in total. The van der Waals surface area contributed by atoms with Gasteiger partial charge in [0.25, 0.3) is 5.91 Å². The number of rotatable bonds is 6. The maximum absolute atomic E-state index is 13.8. The Bertz CT molecular complexity index is 1340. The minimum Gasteiger partial charge on any atom is -0.511 e. The second kappa shape index (κ2) is 9.53. The van der Waals surface area contributed by atoms with Gasteiger partial charge in [0, 0.05) is 37.7 Å². The van der Waals surface area contributed by atoms with Crippen molar-refractivity contribution in [2.45, 2.75) is 31.3 Å². The lowest BCUT2D eigenvalue weighted by atomic mass is 9.60. The monoisotopic (exact) mass is 527 g/mol. The van der Waals surface area contributed by atoms with Gasteiger partial charge in [-0.1, -0.05) is 6.08 Å². The first-order valence-corrected chi connectivity index (χ1v) is 11.9. The van der Waals surface area contributed by atoms with Gasteiger partial charge >= 0.3 is 6.09 Å². The third-order valence-electron chi connectivity index (χ3n) is 7.31. The van der Waals surface area contributed by atoms with E-state index in [9.17, 15) is 39.6 Å². The van der Waals surface area contributed by atoms with Crippen molar-refractivity contribution in [3.63, 3.8) is 0 Å². The van der Waals surface area contributed by atoms with Gasteiger partial charge in [0.2, 0.25) is 5.78 Å². The third kappa shape index (κ3) is 3.97. The van der Waals surface area contributed by atoms with Crippen LogP contribution in [0.25, 0.3) is 0 Å². The lowest BCUT2D eigenvalue weighted by Crippen LogP contribution is -2.57. The van der Waals surface area contributed by atoms with E-state index in [1.54, 1.807) is 25.1 Å². The summed E-state index contributed by atoms with van der Waals surface area (Å²) in [5, 5.41) is 46.2. The molecular formula is C26H29N3O9. The Balaban J connectivity index is 1.83.